The van der Waals surface area contributed by atoms with Gasteiger partial charge in [-0.15, -0.1) is 4.72 Å². The molecule has 0 unspecified atom stereocenters. The van der Waals surface area contributed by atoms with Gasteiger partial charge in [0.05, 0.1) is 11.9 Å². The van der Waals surface area contributed by atoms with E-state index in [1.165, 1.54) is 6.20 Å². The number of aromatic nitrogens is 7. The van der Waals surface area contributed by atoms with Gasteiger partial charge >= 0.3 is 0 Å². The number of H-pyrrole nitrogens is 1. The molecule has 13 heteroatoms. The Kier molecular flexibility index (Phi) is 5.90. The fraction of sp³-hybridized carbons (Fsp3) is 0.458. The van der Waals surface area contributed by atoms with Crippen LogP contribution < -0.4 is 9.62 Å². The molecular weight excluding hydrogens is 517 g/mol. The molecule has 2 aliphatic heterocycles. The summed E-state index contributed by atoms with van der Waals surface area (Å²) in [4.78, 5) is 15.1. The van der Waals surface area contributed by atoms with Crippen molar-refractivity contribution in [3.8, 4) is 11.3 Å². The van der Waals surface area contributed by atoms with Gasteiger partial charge in [-0.25, -0.2) is 15.0 Å². The van der Waals surface area contributed by atoms with E-state index in [1.807, 2.05) is 37.7 Å². The first kappa shape index (κ1) is 24.5. The lowest BCUT2D eigenvalue weighted by molar-refractivity contribution is 0.160. The zero-order chi connectivity index (χ0) is 25.9. The van der Waals surface area contributed by atoms with Crippen LogP contribution in [0.1, 0.15) is 45.3 Å². The van der Waals surface area contributed by atoms with Crippen molar-refractivity contribution in [1.82, 2.24) is 39.7 Å². The van der Waals surface area contributed by atoms with Gasteiger partial charge in [-0.05, 0) is 45.7 Å². The first-order valence-electron chi connectivity index (χ1n) is 12.1. The number of nitrogens with one attached hydrogen (secondary N) is 2. The van der Waals surface area contributed by atoms with E-state index in [-0.39, 0.29) is 21.2 Å². The molecule has 1 spiro atoms. The van der Waals surface area contributed by atoms with Crippen molar-refractivity contribution in [2.45, 2.75) is 50.9 Å². The van der Waals surface area contributed by atoms with E-state index in [0.717, 1.165) is 44.0 Å². The van der Waals surface area contributed by atoms with Crippen LogP contribution in [0.15, 0.2) is 30.7 Å². The topological polar surface area (TPSA) is 123 Å². The normalized spacial score (nSPS) is 20.1. The number of anilines is 1. The molecule has 37 heavy (non-hydrogen) atoms. The van der Waals surface area contributed by atoms with Crippen LogP contribution in [0.3, 0.4) is 0 Å². The lowest BCUT2D eigenvalue weighted by Gasteiger charge is -2.43. The van der Waals surface area contributed by atoms with Gasteiger partial charge in [0.15, 0.2) is 5.65 Å². The van der Waals surface area contributed by atoms with Crippen LogP contribution in [0.5, 0.6) is 0 Å². The minimum atomic E-state index is -1.20. The first-order valence-corrected chi connectivity index (χ1v) is 13.7. The van der Waals surface area contributed by atoms with E-state index in [2.05, 4.69) is 34.9 Å². The largest absolute Gasteiger partial charge is 0.598 e. The van der Waals surface area contributed by atoms with Crippen molar-refractivity contribution >= 4 is 39.9 Å². The summed E-state index contributed by atoms with van der Waals surface area (Å²) in [5.41, 5.74) is 2.86. The number of aromatic amines is 1. The zero-order valence-corrected chi connectivity index (χ0v) is 22.3. The molecule has 4 aromatic rings. The van der Waals surface area contributed by atoms with Crippen molar-refractivity contribution < 1.29 is 8.94 Å². The summed E-state index contributed by atoms with van der Waals surface area (Å²) in [5.74, 6) is -0.0156. The Morgan fingerprint density at radius 2 is 2.00 bits per heavy atom. The molecule has 6 rings (SSSR count). The predicted octanol–water partition coefficient (Wildman–Crippen LogP) is 3.80. The smallest absolute Gasteiger partial charge is 0.232 e. The minimum absolute atomic E-state index is 0.0357. The molecule has 194 valence electrons. The summed E-state index contributed by atoms with van der Waals surface area (Å²) < 4.78 is 32.0. The van der Waals surface area contributed by atoms with Crippen molar-refractivity contribution in [1.29, 1.82) is 0 Å². The Balaban J connectivity index is 1.23. The first-order chi connectivity index (χ1) is 17.7. The number of piperidine rings is 1. The van der Waals surface area contributed by atoms with E-state index in [4.69, 9.17) is 16.6 Å². The Hall–Kier alpha value is -2.80. The highest BCUT2D eigenvalue weighted by atomic mass is 35.5. The maximum absolute atomic E-state index is 13.9. The number of hydrogen-bond donors (Lipinski definition) is 2. The van der Waals surface area contributed by atoms with E-state index in [9.17, 15) is 8.94 Å². The van der Waals surface area contributed by atoms with E-state index in [0.29, 0.717) is 22.4 Å². The van der Waals surface area contributed by atoms with Crippen LogP contribution >= 0.6 is 11.6 Å². The average molecular weight is 544 g/mol. The molecule has 2 aliphatic rings. The molecule has 4 aromatic heterocycles. The highest BCUT2D eigenvalue weighted by Crippen LogP contribution is 2.50. The van der Waals surface area contributed by atoms with E-state index < -0.39 is 17.3 Å². The summed E-state index contributed by atoms with van der Waals surface area (Å²) >= 11 is 4.91. The van der Waals surface area contributed by atoms with E-state index >= 15 is 0 Å². The molecule has 0 saturated carbocycles. The third-order valence-electron chi connectivity index (χ3n) is 7.35. The van der Waals surface area contributed by atoms with E-state index in [1.54, 1.807) is 12.3 Å². The number of halogens is 2. The van der Waals surface area contributed by atoms with Crippen molar-refractivity contribution in [3.63, 3.8) is 0 Å². The Bertz CT molecular complexity index is 1460. The zero-order valence-electron chi connectivity index (χ0n) is 20.7. The number of rotatable bonds is 4. The van der Waals surface area contributed by atoms with Crippen LogP contribution in [0.2, 0.25) is 5.02 Å². The lowest BCUT2D eigenvalue weighted by Crippen LogP contribution is -2.50. The predicted molar refractivity (Wildman–Crippen MR) is 140 cm³/mol. The van der Waals surface area contributed by atoms with Gasteiger partial charge in [-0.1, -0.05) is 11.6 Å². The highest BCUT2D eigenvalue weighted by molar-refractivity contribution is 7.90. The number of fused-ring (bicyclic) bond motifs is 2. The molecule has 0 aliphatic carbocycles. The summed E-state index contributed by atoms with van der Waals surface area (Å²) in [6, 6.07) is 3.59. The second kappa shape index (κ2) is 8.90. The summed E-state index contributed by atoms with van der Waals surface area (Å²) in [6.07, 6.45) is 6.64. The lowest BCUT2D eigenvalue weighted by atomic mass is 9.73. The SMILES string of the molecule is CC(C)(C)[S@@+]([O-])N[C@@H]1c2ccnn2CC12CCN(c1cnc3c(-c4ccnc(F)c4Cl)n[nH]c3n1)CC2. The molecule has 0 amide bonds. The second-order valence-electron chi connectivity index (χ2n) is 10.7. The molecule has 1 saturated heterocycles. The standard InChI is InChI=1S/C24H27ClFN9OS/c1-23(2,3)37(36)33-20-15-5-9-29-35(15)13-24(20)6-10-34(11-7-24)16-12-28-19-18(31-32-22(19)30-16)14-4-8-27-21(26)17(14)25/h4-5,8-9,12,20,33H,6-7,10-11,13H2,1-3H3,(H,30,31,32)/t20-,37-/m1/s1. The summed E-state index contributed by atoms with van der Waals surface area (Å²) in [5, 5.41) is 11.6. The summed E-state index contributed by atoms with van der Waals surface area (Å²) in [6.45, 7) is 8.27. The Morgan fingerprint density at radius 1 is 1.22 bits per heavy atom. The third-order valence-corrected chi connectivity index (χ3v) is 9.27. The van der Waals surface area contributed by atoms with Crippen molar-refractivity contribution in [2.24, 2.45) is 5.41 Å². The molecule has 10 nitrogen and oxygen atoms in total. The van der Waals surface area contributed by atoms with Crippen molar-refractivity contribution in [3.05, 3.63) is 47.4 Å². The van der Waals surface area contributed by atoms with Gasteiger partial charge in [-0.2, -0.15) is 14.6 Å². The minimum Gasteiger partial charge on any atom is -0.598 e. The third kappa shape index (κ3) is 4.15. The molecule has 0 bridgehead atoms. The van der Waals surface area contributed by atoms with Gasteiger partial charge in [0.2, 0.25) is 5.95 Å². The molecule has 0 radical (unpaired) electrons. The van der Waals surface area contributed by atoms with Gasteiger partial charge in [-0.3, -0.25) is 9.78 Å². The molecule has 2 atom stereocenters. The van der Waals surface area contributed by atoms with Crippen LogP contribution in [0, 0.1) is 11.4 Å². The Morgan fingerprint density at radius 3 is 2.76 bits per heavy atom. The fourth-order valence-electron chi connectivity index (χ4n) is 5.25. The van der Waals surface area contributed by atoms with Crippen LogP contribution in [0.25, 0.3) is 22.4 Å². The maximum Gasteiger partial charge on any atom is 0.232 e. The monoisotopic (exact) mass is 543 g/mol. The highest BCUT2D eigenvalue weighted by Gasteiger charge is 2.51. The molecule has 6 heterocycles. The van der Waals surface area contributed by atoms with Gasteiger partial charge in [0.1, 0.15) is 32.8 Å². The quantitative estimate of drug-likeness (QED) is 0.294. The van der Waals surface area contributed by atoms with Crippen LogP contribution in [0.4, 0.5) is 10.2 Å². The molecule has 0 aromatic carbocycles. The molecular formula is C24H27ClFN9OS. The Labute approximate surface area is 221 Å². The summed E-state index contributed by atoms with van der Waals surface area (Å²) in [7, 11) is 0. The average Bonchev–Trinajstić information content (AvgIpc) is 3.56. The van der Waals surface area contributed by atoms with Gasteiger partial charge in [0.25, 0.3) is 0 Å². The second-order valence-corrected chi connectivity index (χ2v) is 13.0. The fourth-order valence-corrected chi connectivity index (χ4v) is 6.39. The molecule has 1 fully saturated rings. The van der Waals surface area contributed by atoms with Crippen molar-refractivity contribution in [2.75, 3.05) is 18.0 Å². The maximum atomic E-state index is 13.9. The number of nitrogens with zero attached hydrogens (tertiary/aromatic N) is 7. The van der Waals surface area contributed by atoms with Gasteiger partial charge in [0, 0.05) is 54.4 Å². The molecule has 2 N–H and O–H groups in total. The number of hydrogen-bond acceptors (Lipinski definition) is 8. The van der Waals surface area contributed by atoms with Crippen LogP contribution in [-0.2, 0) is 17.9 Å². The number of pyridine rings is 1. The van der Waals surface area contributed by atoms with Gasteiger partial charge < -0.3 is 9.45 Å². The van der Waals surface area contributed by atoms with Crippen LogP contribution in [-0.4, -0.2) is 57.3 Å².